The van der Waals surface area contributed by atoms with Gasteiger partial charge in [-0.05, 0) is 60.8 Å². The third kappa shape index (κ3) is 6.33. The molecule has 7 nitrogen and oxygen atoms in total. The molecule has 0 bridgehead atoms. The minimum Gasteiger partial charge on any atom is -0.322 e. The Hall–Kier alpha value is -4.20. The van der Waals surface area contributed by atoms with E-state index in [0.717, 1.165) is 43.9 Å². The summed E-state index contributed by atoms with van der Waals surface area (Å²) >= 11 is 0. The van der Waals surface area contributed by atoms with Gasteiger partial charge in [0.2, 0.25) is 0 Å². The predicted molar refractivity (Wildman–Crippen MR) is 147 cm³/mol. The van der Waals surface area contributed by atoms with Crippen molar-refractivity contribution in [1.82, 2.24) is 24.2 Å². The molecule has 1 saturated heterocycles. The number of alkyl halides is 3. The summed E-state index contributed by atoms with van der Waals surface area (Å²) in [6.45, 7) is 5.63. The minimum absolute atomic E-state index is 0.107. The van der Waals surface area contributed by atoms with Crippen molar-refractivity contribution >= 4 is 17.2 Å². The first-order valence-electron chi connectivity index (χ1n) is 13.0. The molecule has 3 heterocycles. The first-order valence-corrected chi connectivity index (χ1v) is 13.0. The van der Waals surface area contributed by atoms with Gasteiger partial charge in [-0.15, -0.1) is 0 Å². The van der Waals surface area contributed by atoms with E-state index in [1.165, 1.54) is 0 Å². The van der Waals surface area contributed by atoms with Crippen LogP contribution < -0.4 is 5.32 Å². The molecule has 4 aromatic rings. The largest absolute Gasteiger partial charge is 0.416 e. The van der Waals surface area contributed by atoms with Crippen LogP contribution in [0.5, 0.6) is 0 Å². The molecule has 10 heteroatoms. The zero-order valence-corrected chi connectivity index (χ0v) is 22.3. The fraction of sp³-hybridized carbons (Fsp3) is 0.300. The average Bonchev–Trinajstić information content (AvgIpc) is 3.35. The summed E-state index contributed by atoms with van der Waals surface area (Å²) in [5.41, 5.74) is 3.09. The van der Waals surface area contributed by atoms with Crippen molar-refractivity contribution in [3.8, 4) is 11.8 Å². The lowest BCUT2D eigenvalue weighted by Crippen LogP contribution is -2.43. The van der Waals surface area contributed by atoms with E-state index in [4.69, 9.17) is 0 Å². The number of hydrogen-bond acceptors (Lipinski definition) is 5. The first kappa shape index (κ1) is 27.4. The normalized spacial score (nSPS) is 14.6. The number of nitrogens with zero attached hydrogens (tertiary/aromatic N) is 5. The molecule has 0 radical (unpaired) electrons. The Kier molecular flexibility index (Phi) is 7.87. The number of likely N-dealkylation sites (N-methyl/N-ethyl adjacent to an activating group) is 1. The zero-order chi connectivity index (χ0) is 28.3. The van der Waals surface area contributed by atoms with Crippen LogP contribution in [-0.4, -0.2) is 63.3 Å². The van der Waals surface area contributed by atoms with Crippen LogP contribution >= 0.6 is 0 Å². The van der Waals surface area contributed by atoms with E-state index in [1.54, 1.807) is 43.0 Å². The molecule has 40 heavy (non-hydrogen) atoms. The van der Waals surface area contributed by atoms with Crippen molar-refractivity contribution in [3.05, 3.63) is 94.7 Å². The quantitative estimate of drug-likeness (QED) is 0.368. The zero-order valence-electron chi connectivity index (χ0n) is 22.3. The monoisotopic (exact) mass is 546 g/mol. The second-order valence-corrected chi connectivity index (χ2v) is 9.87. The number of amides is 1. The number of nitrogens with one attached hydrogen (secondary N) is 1. The van der Waals surface area contributed by atoms with Gasteiger partial charge in [0.05, 0.1) is 18.0 Å². The molecular formula is C30H29F3N6O. The Balaban J connectivity index is 1.40. The molecular weight excluding hydrogens is 517 g/mol. The summed E-state index contributed by atoms with van der Waals surface area (Å²) in [4.78, 5) is 25.8. The smallest absolute Gasteiger partial charge is 0.322 e. The summed E-state index contributed by atoms with van der Waals surface area (Å²) in [5, 5.41) is 2.68. The molecule has 0 unspecified atom stereocenters. The van der Waals surface area contributed by atoms with E-state index in [0.29, 0.717) is 41.0 Å². The van der Waals surface area contributed by atoms with Crippen molar-refractivity contribution in [3.63, 3.8) is 0 Å². The molecule has 0 aliphatic carbocycles. The van der Waals surface area contributed by atoms with Crippen LogP contribution in [0.25, 0.3) is 5.65 Å². The van der Waals surface area contributed by atoms with Gasteiger partial charge in [-0.2, -0.15) is 13.2 Å². The van der Waals surface area contributed by atoms with Crippen molar-refractivity contribution in [1.29, 1.82) is 0 Å². The van der Waals surface area contributed by atoms with Gasteiger partial charge in [0.15, 0.2) is 5.65 Å². The van der Waals surface area contributed by atoms with E-state index in [-0.39, 0.29) is 5.69 Å². The number of aromatic nitrogens is 3. The number of hydrogen-bond donors (Lipinski definition) is 1. The van der Waals surface area contributed by atoms with Crippen LogP contribution in [0.15, 0.2) is 61.2 Å². The Morgan fingerprint density at radius 3 is 2.60 bits per heavy atom. The van der Waals surface area contributed by atoms with Gasteiger partial charge in [-0.25, -0.2) is 4.98 Å². The highest BCUT2D eigenvalue weighted by Crippen LogP contribution is 2.32. The van der Waals surface area contributed by atoms with E-state index >= 15 is 0 Å². The van der Waals surface area contributed by atoms with Crippen LogP contribution in [0, 0.1) is 11.8 Å². The number of imidazole rings is 1. The third-order valence-corrected chi connectivity index (χ3v) is 6.98. The molecule has 206 valence electrons. The Morgan fingerprint density at radius 2 is 1.85 bits per heavy atom. The third-order valence-electron chi connectivity index (χ3n) is 6.98. The molecule has 0 spiro atoms. The number of aryl methyl sites for hydroxylation is 1. The van der Waals surface area contributed by atoms with Gasteiger partial charge in [-0.3, -0.25) is 19.1 Å². The van der Waals surface area contributed by atoms with Crippen LogP contribution in [0.2, 0.25) is 0 Å². The molecule has 2 aromatic heterocycles. The lowest BCUT2D eigenvalue weighted by Gasteiger charge is -2.32. The molecule has 1 aliphatic heterocycles. The van der Waals surface area contributed by atoms with Crippen LogP contribution in [-0.2, 0) is 19.1 Å². The Bertz CT molecular complexity index is 1590. The first-order chi connectivity index (χ1) is 19.2. The Morgan fingerprint density at radius 1 is 1.05 bits per heavy atom. The average molecular weight is 547 g/mol. The summed E-state index contributed by atoms with van der Waals surface area (Å²) in [6, 6.07) is 8.91. The van der Waals surface area contributed by atoms with Crippen molar-refractivity contribution in [2.45, 2.75) is 26.1 Å². The highest BCUT2D eigenvalue weighted by molar-refractivity contribution is 6.04. The van der Waals surface area contributed by atoms with Crippen LogP contribution in [0.4, 0.5) is 18.9 Å². The lowest BCUT2D eigenvalue weighted by molar-refractivity contribution is -0.137. The van der Waals surface area contributed by atoms with Gasteiger partial charge in [0.1, 0.15) is 5.69 Å². The number of halogens is 3. The number of rotatable bonds is 5. The number of benzene rings is 2. The van der Waals surface area contributed by atoms with E-state index in [1.807, 2.05) is 24.4 Å². The summed E-state index contributed by atoms with van der Waals surface area (Å²) in [7, 11) is 2.02. The van der Waals surface area contributed by atoms with Gasteiger partial charge in [0.25, 0.3) is 5.91 Å². The van der Waals surface area contributed by atoms with E-state index < -0.39 is 17.6 Å². The van der Waals surface area contributed by atoms with Crippen LogP contribution in [0.1, 0.15) is 45.2 Å². The topological polar surface area (TPSA) is 65.8 Å². The number of anilines is 1. The second kappa shape index (κ2) is 11.5. The Labute approximate surface area is 230 Å². The predicted octanol–water partition coefficient (Wildman–Crippen LogP) is 4.71. The fourth-order valence-corrected chi connectivity index (χ4v) is 4.69. The minimum atomic E-state index is -4.53. The SMILES string of the molecule is CCc1ccc(C(=O)Nc2cc(CN3CCN(C)CC3)cc(C(F)(F)F)c2)cc1C#Cc1cnc2cnccn12. The number of carbonyl (C=O) groups excluding carboxylic acids is 1. The summed E-state index contributed by atoms with van der Waals surface area (Å²) in [5.74, 6) is 5.74. The molecule has 5 rings (SSSR count). The number of piperazine rings is 1. The molecule has 1 fully saturated rings. The maximum atomic E-state index is 13.7. The highest BCUT2D eigenvalue weighted by atomic mass is 19.4. The van der Waals surface area contributed by atoms with Gasteiger partial charge in [-0.1, -0.05) is 18.9 Å². The maximum absolute atomic E-state index is 13.7. The van der Waals surface area contributed by atoms with Crippen molar-refractivity contribution in [2.75, 3.05) is 38.5 Å². The van der Waals surface area contributed by atoms with E-state index in [2.05, 4.69) is 36.9 Å². The molecule has 1 aliphatic rings. The molecule has 0 atom stereocenters. The molecule has 1 amide bonds. The van der Waals surface area contributed by atoms with E-state index in [9.17, 15) is 18.0 Å². The van der Waals surface area contributed by atoms with Crippen molar-refractivity contribution in [2.24, 2.45) is 0 Å². The van der Waals surface area contributed by atoms with Crippen LogP contribution in [0.3, 0.4) is 0 Å². The number of carbonyl (C=O) groups is 1. The summed E-state index contributed by atoms with van der Waals surface area (Å²) in [6.07, 6.45) is 2.87. The maximum Gasteiger partial charge on any atom is 0.416 e. The van der Waals surface area contributed by atoms with Gasteiger partial charge < -0.3 is 10.2 Å². The van der Waals surface area contributed by atoms with Gasteiger partial charge >= 0.3 is 6.18 Å². The summed E-state index contributed by atoms with van der Waals surface area (Å²) < 4.78 is 43.0. The molecule has 2 aromatic carbocycles. The molecule has 0 saturated carbocycles. The fourth-order valence-electron chi connectivity index (χ4n) is 4.69. The molecule has 1 N–H and O–H groups in total. The lowest BCUT2D eigenvalue weighted by atomic mass is 10.0. The number of fused-ring (bicyclic) bond motifs is 1. The highest BCUT2D eigenvalue weighted by Gasteiger charge is 2.31. The standard InChI is InChI=1S/C30H29F3N6O/c1-3-22-4-5-24(16-23(22)6-7-27-18-35-28-19-34-8-9-39(27)28)29(40)36-26-15-21(14-25(17-26)30(31,32)33)20-38-12-10-37(2)11-13-38/h4-5,8-9,14-19H,3,10-13,20H2,1-2H3,(H,36,40). The second-order valence-electron chi connectivity index (χ2n) is 9.87. The van der Waals surface area contributed by atoms with Gasteiger partial charge in [0, 0.05) is 61.9 Å². The van der Waals surface area contributed by atoms with Crippen molar-refractivity contribution < 1.29 is 18.0 Å².